The number of amides is 3. The maximum Gasteiger partial charge on any atom is 0.329 e. The molecule has 198 valence electrons. The molecule has 1 saturated heterocycles. The van der Waals surface area contributed by atoms with Crippen LogP contribution in [0.3, 0.4) is 0 Å². The zero-order valence-electron chi connectivity index (χ0n) is 21.4. The van der Waals surface area contributed by atoms with Crippen LogP contribution in [-0.4, -0.2) is 64.7 Å². The number of piperidine rings is 1. The molecule has 1 aromatic rings. The Kier molecular flexibility index (Phi) is 10.8. The number of carbonyl (C=O) groups is 2. The number of benzene rings is 1. The third-order valence-electron chi connectivity index (χ3n) is 6.33. The molecule has 3 amide bonds. The standard InChI is InChI=1S/C24H39ClN3O6P/c1-16(2)20(27-22(30)26-13-24(5,6)33-15-34-35(31)32)21(29)28-12-11-19(23(3,4)14-28)17-7-9-18(25)10-8-17/h7-10,16,19-20,31-32H,11-15H2,1-6H3,(H2,26,27,30). The first-order valence-electron chi connectivity index (χ1n) is 11.8. The van der Waals surface area contributed by atoms with Gasteiger partial charge in [-0.25, -0.2) is 4.79 Å². The Morgan fingerprint density at radius 1 is 1.26 bits per heavy atom. The Morgan fingerprint density at radius 2 is 1.89 bits per heavy atom. The summed E-state index contributed by atoms with van der Waals surface area (Å²) in [5.41, 5.74) is 0.265. The average Bonchev–Trinajstić information content (AvgIpc) is 2.75. The highest BCUT2D eigenvalue weighted by Gasteiger charge is 2.40. The van der Waals surface area contributed by atoms with Crippen LogP contribution in [0.4, 0.5) is 4.79 Å². The van der Waals surface area contributed by atoms with Gasteiger partial charge in [0.2, 0.25) is 5.91 Å². The van der Waals surface area contributed by atoms with Gasteiger partial charge in [0.05, 0.1) is 5.60 Å². The Bertz CT molecular complexity index is 850. The zero-order valence-corrected chi connectivity index (χ0v) is 23.0. The van der Waals surface area contributed by atoms with Crippen LogP contribution in [0.2, 0.25) is 5.02 Å². The molecule has 11 heteroatoms. The second-order valence-electron chi connectivity index (χ2n) is 10.6. The minimum Gasteiger partial charge on any atom is -0.347 e. The minimum atomic E-state index is -2.50. The molecule has 1 heterocycles. The first-order valence-corrected chi connectivity index (χ1v) is 13.3. The van der Waals surface area contributed by atoms with E-state index in [-0.39, 0.29) is 30.6 Å². The molecule has 2 unspecified atom stereocenters. The summed E-state index contributed by atoms with van der Waals surface area (Å²) < 4.78 is 10.0. The first kappa shape index (κ1) is 29.7. The van der Waals surface area contributed by atoms with Crippen molar-refractivity contribution in [1.82, 2.24) is 15.5 Å². The maximum absolute atomic E-state index is 13.4. The molecular weight excluding hydrogens is 493 g/mol. The van der Waals surface area contributed by atoms with Crippen molar-refractivity contribution in [2.75, 3.05) is 26.4 Å². The summed E-state index contributed by atoms with van der Waals surface area (Å²) in [5, 5.41) is 6.24. The van der Waals surface area contributed by atoms with Crippen LogP contribution in [-0.2, 0) is 14.1 Å². The van der Waals surface area contributed by atoms with Crippen LogP contribution in [0, 0.1) is 11.3 Å². The van der Waals surface area contributed by atoms with E-state index in [1.165, 1.54) is 5.56 Å². The molecule has 35 heavy (non-hydrogen) atoms. The SMILES string of the molecule is CC(C)C(NC(=O)NCC(C)(C)OCOP(O)O)C(=O)N1CCC(c2ccc(Cl)cc2)C(C)(C)C1. The van der Waals surface area contributed by atoms with Crippen LogP contribution < -0.4 is 10.6 Å². The summed E-state index contributed by atoms with van der Waals surface area (Å²) in [5.74, 6) is 0.106. The maximum atomic E-state index is 13.4. The Morgan fingerprint density at radius 3 is 2.43 bits per heavy atom. The van der Waals surface area contributed by atoms with Crippen molar-refractivity contribution in [3.05, 3.63) is 34.9 Å². The van der Waals surface area contributed by atoms with Crippen LogP contribution in [0.25, 0.3) is 0 Å². The number of carbonyl (C=O) groups excluding carboxylic acids is 2. The van der Waals surface area contributed by atoms with E-state index in [9.17, 15) is 9.59 Å². The molecule has 0 aliphatic carbocycles. The van der Waals surface area contributed by atoms with E-state index in [4.69, 9.17) is 26.1 Å². The van der Waals surface area contributed by atoms with Crippen molar-refractivity contribution in [3.63, 3.8) is 0 Å². The third-order valence-corrected chi connectivity index (χ3v) is 6.91. The third kappa shape index (κ3) is 9.16. The molecule has 2 atom stereocenters. The van der Waals surface area contributed by atoms with Crippen molar-refractivity contribution in [2.24, 2.45) is 11.3 Å². The Balaban J connectivity index is 1.96. The topological polar surface area (TPSA) is 120 Å². The van der Waals surface area contributed by atoms with Crippen molar-refractivity contribution >= 4 is 32.1 Å². The smallest absolute Gasteiger partial charge is 0.329 e. The Hall–Kier alpha value is -1.48. The molecular formula is C24H39ClN3O6P. The van der Waals surface area contributed by atoms with Crippen LogP contribution >= 0.6 is 20.2 Å². The van der Waals surface area contributed by atoms with Gasteiger partial charge in [0.15, 0.2) is 6.79 Å². The van der Waals surface area contributed by atoms with Gasteiger partial charge in [0.25, 0.3) is 0 Å². The summed E-state index contributed by atoms with van der Waals surface area (Å²) in [4.78, 5) is 45.5. The van der Waals surface area contributed by atoms with Gasteiger partial charge in [-0.3, -0.25) is 9.32 Å². The molecule has 0 aromatic heterocycles. The van der Waals surface area contributed by atoms with Gasteiger partial charge >= 0.3 is 14.6 Å². The highest BCUT2D eigenvalue weighted by Crippen LogP contribution is 2.42. The van der Waals surface area contributed by atoms with Crippen LogP contribution in [0.1, 0.15) is 59.4 Å². The predicted molar refractivity (Wildman–Crippen MR) is 137 cm³/mol. The summed E-state index contributed by atoms with van der Waals surface area (Å²) in [6.07, 6.45) is 0.828. The van der Waals surface area contributed by atoms with Gasteiger partial charge in [0, 0.05) is 24.7 Å². The van der Waals surface area contributed by atoms with E-state index in [0.29, 0.717) is 24.0 Å². The lowest BCUT2D eigenvalue weighted by molar-refractivity contribution is -0.137. The fraction of sp³-hybridized carbons (Fsp3) is 0.667. The number of hydrogen-bond donors (Lipinski definition) is 4. The van der Waals surface area contributed by atoms with Gasteiger partial charge < -0.3 is 30.1 Å². The van der Waals surface area contributed by atoms with E-state index in [1.54, 1.807) is 13.8 Å². The molecule has 0 saturated carbocycles. The van der Waals surface area contributed by atoms with Crippen LogP contribution in [0.5, 0.6) is 0 Å². The number of halogens is 1. The minimum absolute atomic E-state index is 0.0964. The molecule has 1 aromatic carbocycles. The largest absolute Gasteiger partial charge is 0.347 e. The highest BCUT2D eigenvalue weighted by atomic mass is 35.5. The summed E-state index contributed by atoms with van der Waals surface area (Å²) >= 11 is 6.05. The van der Waals surface area contributed by atoms with Gasteiger partial charge in [-0.15, -0.1) is 0 Å². The lowest BCUT2D eigenvalue weighted by Crippen LogP contribution is -2.57. The summed E-state index contributed by atoms with van der Waals surface area (Å²) in [6, 6.07) is 6.77. The van der Waals surface area contributed by atoms with E-state index in [0.717, 1.165) is 6.42 Å². The van der Waals surface area contributed by atoms with Crippen molar-refractivity contribution < 1.29 is 28.6 Å². The van der Waals surface area contributed by atoms with Crippen molar-refractivity contribution in [1.29, 1.82) is 0 Å². The Labute approximate surface area is 214 Å². The number of rotatable bonds is 10. The van der Waals surface area contributed by atoms with E-state index >= 15 is 0 Å². The quantitative estimate of drug-likeness (QED) is 0.268. The van der Waals surface area contributed by atoms with E-state index in [2.05, 4.69) is 41.1 Å². The molecule has 4 N–H and O–H groups in total. The van der Waals surface area contributed by atoms with E-state index in [1.807, 2.05) is 30.9 Å². The number of ether oxygens (including phenoxy) is 1. The predicted octanol–water partition coefficient (Wildman–Crippen LogP) is 3.99. The molecule has 1 aliphatic heterocycles. The van der Waals surface area contributed by atoms with Crippen molar-refractivity contribution in [2.45, 2.75) is 65.5 Å². The van der Waals surface area contributed by atoms with Crippen molar-refractivity contribution in [3.8, 4) is 0 Å². The normalized spacial score (nSPS) is 19.1. The van der Waals surface area contributed by atoms with E-state index < -0.39 is 26.3 Å². The number of hydrogen-bond acceptors (Lipinski definition) is 6. The average molecular weight is 532 g/mol. The molecule has 0 bridgehead atoms. The lowest BCUT2D eigenvalue weighted by Gasteiger charge is -2.45. The molecule has 2 rings (SSSR count). The highest BCUT2D eigenvalue weighted by molar-refractivity contribution is 7.39. The number of nitrogens with zero attached hydrogens (tertiary/aromatic N) is 1. The van der Waals surface area contributed by atoms with Gasteiger partial charge in [-0.05, 0) is 55.2 Å². The second kappa shape index (κ2) is 12.7. The molecule has 9 nitrogen and oxygen atoms in total. The zero-order chi connectivity index (χ0) is 26.4. The fourth-order valence-electron chi connectivity index (χ4n) is 4.34. The first-order chi connectivity index (χ1) is 16.2. The molecule has 1 fully saturated rings. The van der Waals surface area contributed by atoms with Gasteiger partial charge in [-0.1, -0.05) is 51.4 Å². The molecule has 1 aliphatic rings. The molecule has 0 spiro atoms. The van der Waals surface area contributed by atoms with Gasteiger partial charge in [-0.2, -0.15) is 0 Å². The number of nitrogens with one attached hydrogen (secondary N) is 2. The monoisotopic (exact) mass is 531 g/mol. The lowest BCUT2D eigenvalue weighted by atomic mass is 9.70. The summed E-state index contributed by atoms with van der Waals surface area (Å²) in [7, 11) is -2.50. The number of likely N-dealkylation sites (tertiary alicyclic amines) is 1. The van der Waals surface area contributed by atoms with Gasteiger partial charge in [0.1, 0.15) is 6.04 Å². The number of urea groups is 1. The molecule has 0 radical (unpaired) electrons. The van der Waals surface area contributed by atoms with Crippen LogP contribution in [0.15, 0.2) is 24.3 Å². The fourth-order valence-corrected chi connectivity index (χ4v) is 4.61. The second-order valence-corrected chi connectivity index (χ2v) is 11.8. The summed E-state index contributed by atoms with van der Waals surface area (Å²) in [6.45, 7) is 12.6.